The first-order chi connectivity index (χ1) is 14.4. The van der Waals surface area contributed by atoms with Gasteiger partial charge in [0.15, 0.2) is 0 Å². The summed E-state index contributed by atoms with van der Waals surface area (Å²) in [7, 11) is 0. The fourth-order valence-corrected chi connectivity index (χ4v) is 5.84. The fourth-order valence-electron chi connectivity index (χ4n) is 5.03. The van der Waals surface area contributed by atoms with Gasteiger partial charge in [-0.3, -0.25) is 0 Å². The van der Waals surface area contributed by atoms with Crippen LogP contribution in [0.1, 0.15) is 61.3 Å². The molecule has 1 fully saturated rings. The van der Waals surface area contributed by atoms with Gasteiger partial charge in [-0.05, 0) is 73.1 Å². The van der Waals surface area contributed by atoms with Gasteiger partial charge in [-0.1, -0.05) is 54.1 Å². The maximum Gasteiger partial charge on any atom is 0.138 e. The maximum atomic E-state index is 9.11. The molecule has 2 aromatic carbocycles. The predicted octanol–water partition coefficient (Wildman–Crippen LogP) is 7.11. The van der Waals surface area contributed by atoms with Crippen molar-refractivity contribution in [3.63, 3.8) is 0 Å². The highest BCUT2D eigenvalue weighted by molar-refractivity contribution is 6.35. The molecule has 30 heavy (non-hydrogen) atoms. The summed E-state index contributed by atoms with van der Waals surface area (Å²) in [6.45, 7) is 0. The number of nitriles is 1. The normalized spacial score (nSPS) is 26.0. The molecule has 2 aromatic rings. The van der Waals surface area contributed by atoms with Gasteiger partial charge < -0.3 is 10.5 Å². The van der Waals surface area contributed by atoms with E-state index in [0.717, 1.165) is 36.8 Å². The largest absolute Gasteiger partial charge is 0.484 e. The molecule has 4 rings (SSSR count). The second-order valence-electron chi connectivity index (χ2n) is 8.60. The third-order valence-corrected chi connectivity index (χ3v) is 7.27. The summed E-state index contributed by atoms with van der Waals surface area (Å²) >= 11 is 19.3. The monoisotopic (exact) mass is 462 g/mol. The molecule has 0 radical (unpaired) electrons. The maximum absolute atomic E-state index is 9.11. The summed E-state index contributed by atoms with van der Waals surface area (Å²) in [4.78, 5) is 0. The molecule has 4 atom stereocenters. The van der Waals surface area contributed by atoms with E-state index < -0.39 is 0 Å². The smallest absolute Gasteiger partial charge is 0.138 e. The Hall–Kier alpha value is -1.44. The zero-order valence-corrected chi connectivity index (χ0v) is 19.0. The standard InChI is InChI=1S/C24H25Cl3N2O/c25-17-11-20-19(21(26)12-17)10-16(7-14-3-1-2-4-18(29)8-14)24(20)30-23-6-5-15(13-28)9-22(23)27/h5-6,9,11-12,14,16,18,24H,1-4,7-8,10,29H2. The van der Waals surface area contributed by atoms with Crippen LogP contribution in [0.25, 0.3) is 0 Å². The first-order valence-electron chi connectivity index (χ1n) is 10.5. The molecule has 1 saturated carbocycles. The van der Waals surface area contributed by atoms with Crippen molar-refractivity contribution < 1.29 is 4.74 Å². The van der Waals surface area contributed by atoms with Crippen LogP contribution < -0.4 is 10.5 Å². The van der Waals surface area contributed by atoms with Crippen molar-refractivity contribution in [2.24, 2.45) is 17.6 Å². The third-order valence-electron chi connectivity index (χ3n) is 6.42. The highest BCUT2D eigenvalue weighted by atomic mass is 35.5. The van der Waals surface area contributed by atoms with Gasteiger partial charge in [0.25, 0.3) is 0 Å². The van der Waals surface area contributed by atoms with Gasteiger partial charge in [0, 0.05) is 22.0 Å². The van der Waals surface area contributed by atoms with Gasteiger partial charge in [0.2, 0.25) is 0 Å². The van der Waals surface area contributed by atoms with Crippen molar-refractivity contribution >= 4 is 34.8 Å². The van der Waals surface area contributed by atoms with E-state index in [4.69, 9.17) is 50.5 Å². The second kappa shape index (κ2) is 9.37. The quantitative estimate of drug-likeness (QED) is 0.491. The average Bonchev–Trinajstić information content (AvgIpc) is 2.89. The molecule has 0 aromatic heterocycles. The molecule has 0 aliphatic heterocycles. The molecule has 0 saturated heterocycles. The van der Waals surface area contributed by atoms with Crippen LogP contribution in [-0.4, -0.2) is 6.04 Å². The Morgan fingerprint density at radius 1 is 1.07 bits per heavy atom. The molecule has 0 spiro atoms. The van der Waals surface area contributed by atoms with Crippen LogP contribution in [0.15, 0.2) is 30.3 Å². The number of halogens is 3. The van der Waals surface area contributed by atoms with E-state index in [1.54, 1.807) is 24.3 Å². The number of ether oxygens (including phenoxy) is 1. The van der Waals surface area contributed by atoms with Gasteiger partial charge in [0.05, 0.1) is 16.7 Å². The number of fused-ring (bicyclic) bond motifs is 1. The molecule has 0 bridgehead atoms. The zero-order chi connectivity index (χ0) is 21.3. The first kappa shape index (κ1) is 21.8. The Labute approximate surface area is 193 Å². The van der Waals surface area contributed by atoms with Crippen LogP contribution in [0.5, 0.6) is 5.75 Å². The van der Waals surface area contributed by atoms with Crippen LogP contribution in [0.4, 0.5) is 0 Å². The van der Waals surface area contributed by atoms with Crippen molar-refractivity contribution in [3.05, 3.63) is 62.1 Å². The molecule has 4 unspecified atom stereocenters. The third kappa shape index (κ3) is 4.73. The lowest BCUT2D eigenvalue weighted by Crippen LogP contribution is -2.24. The van der Waals surface area contributed by atoms with Gasteiger partial charge in [-0.2, -0.15) is 5.26 Å². The van der Waals surface area contributed by atoms with Crippen molar-refractivity contribution in [2.45, 2.75) is 57.1 Å². The Morgan fingerprint density at radius 2 is 1.87 bits per heavy atom. The van der Waals surface area contributed by atoms with Crippen LogP contribution in [-0.2, 0) is 6.42 Å². The first-order valence-corrected chi connectivity index (χ1v) is 11.7. The molecule has 3 nitrogen and oxygen atoms in total. The summed E-state index contributed by atoms with van der Waals surface area (Å²) in [6, 6.07) is 11.3. The van der Waals surface area contributed by atoms with Crippen LogP contribution in [0, 0.1) is 23.2 Å². The summed E-state index contributed by atoms with van der Waals surface area (Å²) in [6.07, 6.45) is 7.54. The van der Waals surface area contributed by atoms with Crippen molar-refractivity contribution in [1.29, 1.82) is 5.26 Å². The van der Waals surface area contributed by atoms with Gasteiger partial charge in [0.1, 0.15) is 11.9 Å². The summed E-state index contributed by atoms with van der Waals surface area (Å²) < 4.78 is 6.46. The van der Waals surface area contributed by atoms with E-state index in [0.29, 0.717) is 32.3 Å². The van der Waals surface area contributed by atoms with Crippen molar-refractivity contribution in [1.82, 2.24) is 0 Å². The minimum absolute atomic E-state index is 0.180. The number of rotatable bonds is 4. The van der Waals surface area contributed by atoms with E-state index in [1.165, 1.54) is 19.3 Å². The fraction of sp³-hybridized carbons (Fsp3) is 0.458. The van der Waals surface area contributed by atoms with E-state index in [1.807, 2.05) is 6.07 Å². The predicted molar refractivity (Wildman–Crippen MR) is 122 cm³/mol. The highest BCUT2D eigenvalue weighted by Gasteiger charge is 2.38. The topological polar surface area (TPSA) is 59.0 Å². The molecule has 2 aliphatic carbocycles. The molecular formula is C24H25Cl3N2O. The van der Waals surface area contributed by atoms with Gasteiger partial charge in [-0.15, -0.1) is 0 Å². The Bertz CT molecular complexity index is 972. The van der Waals surface area contributed by atoms with Crippen LogP contribution in [0.3, 0.4) is 0 Å². The van der Waals surface area contributed by atoms with Crippen molar-refractivity contribution in [3.8, 4) is 11.8 Å². The SMILES string of the molecule is N#Cc1ccc(OC2c3cc(Cl)cc(Cl)c3CC2CC2CCCCC(N)C2)c(Cl)c1. The zero-order valence-electron chi connectivity index (χ0n) is 16.7. The lowest BCUT2D eigenvalue weighted by Gasteiger charge is -2.27. The number of hydrogen-bond acceptors (Lipinski definition) is 3. The van der Waals surface area contributed by atoms with Crippen molar-refractivity contribution in [2.75, 3.05) is 0 Å². The average molecular weight is 464 g/mol. The number of hydrogen-bond donors (Lipinski definition) is 1. The van der Waals surface area contributed by atoms with Crippen LogP contribution in [0.2, 0.25) is 15.1 Å². The Morgan fingerprint density at radius 3 is 2.63 bits per heavy atom. The molecular weight excluding hydrogens is 439 g/mol. The Kier molecular flexibility index (Phi) is 6.80. The number of nitrogens with two attached hydrogens (primary N) is 1. The lowest BCUT2D eigenvalue weighted by atomic mass is 9.85. The molecule has 6 heteroatoms. The second-order valence-corrected chi connectivity index (χ2v) is 9.85. The minimum Gasteiger partial charge on any atom is -0.484 e. The van der Waals surface area contributed by atoms with E-state index in [-0.39, 0.29) is 18.1 Å². The summed E-state index contributed by atoms with van der Waals surface area (Å²) in [5.41, 5.74) is 8.98. The number of nitrogens with zero attached hydrogens (tertiary/aromatic N) is 1. The lowest BCUT2D eigenvalue weighted by molar-refractivity contribution is 0.128. The number of benzene rings is 2. The van der Waals surface area contributed by atoms with E-state index in [2.05, 4.69) is 6.07 Å². The van der Waals surface area contributed by atoms with Crippen LogP contribution >= 0.6 is 34.8 Å². The minimum atomic E-state index is -0.180. The molecule has 0 amide bonds. The molecule has 0 heterocycles. The van der Waals surface area contributed by atoms with Gasteiger partial charge >= 0.3 is 0 Å². The molecule has 2 N–H and O–H groups in total. The van der Waals surface area contributed by atoms with E-state index in [9.17, 15) is 0 Å². The van der Waals surface area contributed by atoms with E-state index >= 15 is 0 Å². The summed E-state index contributed by atoms with van der Waals surface area (Å²) in [5, 5.41) is 10.8. The molecule has 2 aliphatic rings. The Balaban J connectivity index is 1.63. The molecule has 158 valence electrons. The highest BCUT2D eigenvalue weighted by Crippen LogP contribution is 2.47. The summed E-state index contributed by atoms with van der Waals surface area (Å²) in [5.74, 6) is 1.43. The van der Waals surface area contributed by atoms with Gasteiger partial charge in [-0.25, -0.2) is 0 Å².